The van der Waals surface area contributed by atoms with Crippen molar-refractivity contribution in [2.75, 3.05) is 6.61 Å². The summed E-state index contributed by atoms with van der Waals surface area (Å²) in [6.07, 6.45) is 7.61. The molecule has 1 heterocycles. The first-order chi connectivity index (χ1) is 15.2. The molecule has 0 bridgehead atoms. The molecule has 2 aromatic carbocycles. The molecule has 0 spiro atoms. The first-order valence-corrected chi connectivity index (χ1v) is 11.2. The molecule has 1 fully saturated rings. The molecule has 1 aliphatic rings. The normalized spacial score (nSPS) is 14.5. The third-order valence-corrected chi connectivity index (χ3v) is 5.82. The molecule has 4 rings (SSSR count). The van der Waals surface area contributed by atoms with E-state index in [-0.39, 0.29) is 0 Å². The van der Waals surface area contributed by atoms with E-state index in [1.165, 1.54) is 19.3 Å². The van der Waals surface area contributed by atoms with Gasteiger partial charge in [0.15, 0.2) is 0 Å². The first-order valence-electron chi connectivity index (χ1n) is 11.2. The summed E-state index contributed by atoms with van der Waals surface area (Å²) in [5.74, 6) is 0.0107. The van der Waals surface area contributed by atoms with Crippen molar-refractivity contribution in [3.63, 3.8) is 0 Å². The van der Waals surface area contributed by atoms with E-state index in [0.717, 1.165) is 41.8 Å². The highest BCUT2D eigenvalue weighted by molar-refractivity contribution is 5.95. The Bertz CT molecular complexity index is 1020. The van der Waals surface area contributed by atoms with Gasteiger partial charge < -0.3 is 9.84 Å². The molecule has 6 heteroatoms. The van der Waals surface area contributed by atoms with Crippen LogP contribution in [0.15, 0.2) is 48.5 Å². The second kappa shape index (κ2) is 9.77. The van der Waals surface area contributed by atoms with E-state index in [1.807, 2.05) is 36.4 Å². The summed E-state index contributed by atoms with van der Waals surface area (Å²) in [7, 11) is 0. The highest BCUT2D eigenvalue weighted by atomic mass is 16.5. The number of ether oxygens (including phenoxy) is 1. The number of hydrogen-bond donors (Lipinski definition) is 1. The topological polar surface area (TPSA) is 77.2 Å². The Morgan fingerprint density at radius 2 is 1.84 bits per heavy atom. The summed E-state index contributed by atoms with van der Waals surface area (Å²) in [6, 6.07) is 16.0. The molecule has 1 aromatic heterocycles. The van der Waals surface area contributed by atoms with E-state index in [1.54, 1.807) is 12.1 Å². The van der Waals surface area contributed by atoms with Crippen molar-refractivity contribution in [1.29, 1.82) is 0 Å². The number of carbonyl (C=O) groups is 1. The van der Waals surface area contributed by atoms with Crippen LogP contribution in [0.5, 0.6) is 6.01 Å². The number of hydrogen-bond acceptors (Lipinski definition) is 4. The minimum atomic E-state index is -0.917. The fourth-order valence-electron chi connectivity index (χ4n) is 4.23. The number of carboxylic acid groups (broad SMARTS) is 1. The van der Waals surface area contributed by atoms with E-state index in [2.05, 4.69) is 21.7 Å². The lowest BCUT2D eigenvalue weighted by atomic mass is 9.95. The molecule has 162 valence electrons. The van der Waals surface area contributed by atoms with Gasteiger partial charge in [-0.15, -0.1) is 5.10 Å². The molecule has 0 unspecified atom stereocenters. The zero-order valence-electron chi connectivity index (χ0n) is 18.0. The quantitative estimate of drug-likeness (QED) is 0.520. The van der Waals surface area contributed by atoms with Crippen LogP contribution in [0.3, 0.4) is 0 Å². The molecule has 3 aromatic rings. The van der Waals surface area contributed by atoms with Crippen molar-refractivity contribution in [3.8, 4) is 17.1 Å². The van der Waals surface area contributed by atoms with E-state index >= 15 is 0 Å². The second-order valence-corrected chi connectivity index (χ2v) is 8.12. The van der Waals surface area contributed by atoms with Gasteiger partial charge in [0.1, 0.15) is 5.82 Å². The number of aromatic carboxylic acids is 1. The Morgan fingerprint density at radius 3 is 2.55 bits per heavy atom. The highest BCUT2D eigenvalue weighted by Crippen LogP contribution is 2.30. The van der Waals surface area contributed by atoms with Crippen molar-refractivity contribution in [1.82, 2.24) is 14.8 Å². The zero-order valence-corrected chi connectivity index (χ0v) is 18.0. The summed E-state index contributed by atoms with van der Waals surface area (Å²) < 4.78 is 7.80. The maximum absolute atomic E-state index is 11.5. The van der Waals surface area contributed by atoms with Crippen LogP contribution in [0.25, 0.3) is 11.1 Å². The fraction of sp³-hybridized carbons (Fsp3) is 0.400. The van der Waals surface area contributed by atoms with E-state index in [9.17, 15) is 9.90 Å². The lowest BCUT2D eigenvalue weighted by Crippen LogP contribution is -2.17. The first kappa shape index (κ1) is 21.1. The molecule has 0 aliphatic heterocycles. The van der Waals surface area contributed by atoms with Crippen molar-refractivity contribution in [2.45, 2.75) is 57.9 Å². The van der Waals surface area contributed by atoms with Crippen molar-refractivity contribution < 1.29 is 14.6 Å². The van der Waals surface area contributed by atoms with Crippen LogP contribution >= 0.6 is 0 Å². The fourth-order valence-corrected chi connectivity index (χ4v) is 4.23. The van der Waals surface area contributed by atoms with Crippen LogP contribution in [0, 0.1) is 0 Å². The average Bonchev–Trinajstić information content (AvgIpc) is 3.21. The largest absolute Gasteiger partial charge is 0.478 e. The molecular formula is C25H29N3O3. The Kier molecular flexibility index (Phi) is 6.65. The number of carboxylic acids is 1. The van der Waals surface area contributed by atoms with Gasteiger partial charge in [-0.3, -0.25) is 0 Å². The minimum absolute atomic E-state index is 0.310. The van der Waals surface area contributed by atoms with Gasteiger partial charge in [-0.2, -0.15) is 4.98 Å². The summed E-state index contributed by atoms with van der Waals surface area (Å²) in [5.41, 5.74) is 3.04. The summed E-state index contributed by atoms with van der Waals surface area (Å²) in [5, 5.41) is 14.1. The molecule has 0 amide bonds. The molecule has 0 radical (unpaired) electrons. The molecule has 1 saturated carbocycles. The zero-order chi connectivity index (χ0) is 21.6. The van der Waals surface area contributed by atoms with Crippen molar-refractivity contribution in [3.05, 3.63) is 65.5 Å². The van der Waals surface area contributed by atoms with Gasteiger partial charge in [0, 0.05) is 6.42 Å². The Hall–Kier alpha value is -3.15. The molecule has 0 atom stereocenters. The van der Waals surface area contributed by atoms with E-state index in [0.29, 0.717) is 30.6 Å². The number of nitrogens with zero attached hydrogens (tertiary/aromatic N) is 3. The minimum Gasteiger partial charge on any atom is -0.478 e. The van der Waals surface area contributed by atoms with Crippen molar-refractivity contribution >= 4 is 5.97 Å². The number of rotatable bonds is 8. The third kappa shape index (κ3) is 4.95. The van der Waals surface area contributed by atoms with Gasteiger partial charge in [-0.1, -0.05) is 68.7 Å². The maximum atomic E-state index is 11.5. The molecule has 0 saturated heterocycles. The smallest absolute Gasteiger partial charge is 0.336 e. The predicted molar refractivity (Wildman–Crippen MR) is 120 cm³/mol. The third-order valence-electron chi connectivity index (χ3n) is 5.82. The lowest BCUT2D eigenvalue weighted by Gasteiger charge is -2.23. The Balaban J connectivity index is 1.57. The molecule has 1 N–H and O–H groups in total. The molecule has 31 heavy (non-hydrogen) atoms. The average molecular weight is 420 g/mol. The van der Waals surface area contributed by atoms with Gasteiger partial charge in [0.05, 0.1) is 18.2 Å². The summed E-state index contributed by atoms with van der Waals surface area (Å²) in [6.45, 7) is 2.69. The molecule has 6 nitrogen and oxygen atoms in total. The summed E-state index contributed by atoms with van der Waals surface area (Å²) >= 11 is 0. The van der Waals surface area contributed by atoms with Crippen LogP contribution < -0.4 is 4.74 Å². The highest BCUT2D eigenvalue weighted by Gasteiger charge is 2.22. The number of benzene rings is 2. The maximum Gasteiger partial charge on any atom is 0.336 e. The van der Waals surface area contributed by atoms with Gasteiger partial charge in [0.25, 0.3) is 0 Å². The standard InChI is InChI=1S/C25H29N3O3/c1-2-16-31-25-26-23(28(27-25)20-8-4-3-5-9-20)17-18-12-14-19(15-13-18)21-10-6-7-11-22(21)24(29)30/h6-7,10-15,20H,2-5,8-9,16-17H2,1H3,(H,29,30). The monoisotopic (exact) mass is 419 g/mol. The van der Waals surface area contributed by atoms with Gasteiger partial charge in [-0.05, 0) is 42.0 Å². The molecule has 1 aliphatic carbocycles. The van der Waals surface area contributed by atoms with Gasteiger partial charge in [-0.25, -0.2) is 9.48 Å². The van der Waals surface area contributed by atoms with E-state index in [4.69, 9.17) is 4.74 Å². The Morgan fingerprint density at radius 1 is 1.10 bits per heavy atom. The van der Waals surface area contributed by atoms with Crippen LogP contribution in [-0.4, -0.2) is 32.4 Å². The van der Waals surface area contributed by atoms with E-state index < -0.39 is 5.97 Å². The number of aromatic nitrogens is 3. The van der Waals surface area contributed by atoms with Crippen molar-refractivity contribution in [2.24, 2.45) is 0 Å². The predicted octanol–water partition coefficient (Wildman–Crippen LogP) is 5.53. The van der Waals surface area contributed by atoms with Crippen LogP contribution in [0.1, 0.15) is 73.2 Å². The lowest BCUT2D eigenvalue weighted by molar-refractivity contribution is 0.0697. The van der Waals surface area contributed by atoms with Gasteiger partial charge in [0.2, 0.25) is 0 Å². The van der Waals surface area contributed by atoms with Crippen LogP contribution in [0.2, 0.25) is 0 Å². The SMILES string of the molecule is CCCOc1nc(Cc2ccc(-c3ccccc3C(=O)O)cc2)n(C2CCCCC2)n1. The molecular weight excluding hydrogens is 390 g/mol. The Labute approximate surface area is 182 Å². The van der Waals surface area contributed by atoms with Crippen LogP contribution in [-0.2, 0) is 6.42 Å². The summed E-state index contributed by atoms with van der Waals surface area (Å²) in [4.78, 5) is 16.2. The van der Waals surface area contributed by atoms with Crippen LogP contribution in [0.4, 0.5) is 0 Å². The second-order valence-electron chi connectivity index (χ2n) is 8.12. The van der Waals surface area contributed by atoms with Gasteiger partial charge >= 0.3 is 12.0 Å².